The average molecular weight is 298 g/mol. The minimum absolute atomic E-state index is 0.0116. The van der Waals surface area contributed by atoms with Crippen LogP contribution in [0, 0.1) is 0 Å². The van der Waals surface area contributed by atoms with Gasteiger partial charge in [0.1, 0.15) is 5.54 Å². The first-order valence-electron chi connectivity index (χ1n) is 8.12. The highest BCUT2D eigenvalue weighted by atomic mass is 16.5. The summed E-state index contributed by atoms with van der Waals surface area (Å²) in [7, 11) is 0. The van der Waals surface area contributed by atoms with Gasteiger partial charge < -0.3 is 9.84 Å². The highest BCUT2D eigenvalue weighted by Gasteiger charge is 2.47. The predicted molar refractivity (Wildman–Crippen MR) is 82.5 cm³/mol. The SMILES string of the molecule is CC(C)NC1(C(=O)O)CCCC(N2CCOCC2(C)C)C1. The lowest BCUT2D eigenvalue weighted by Crippen LogP contribution is -2.64. The summed E-state index contributed by atoms with van der Waals surface area (Å²) < 4.78 is 5.60. The fourth-order valence-electron chi connectivity index (χ4n) is 4.00. The number of carbonyl (C=O) groups is 1. The molecule has 21 heavy (non-hydrogen) atoms. The Labute approximate surface area is 128 Å². The normalized spacial score (nSPS) is 34.0. The van der Waals surface area contributed by atoms with E-state index in [9.17, 15) is 9.90 Å². The molecule has 0 aromatic carbocycles. The van der Waals surface area contributed by atoms with E-state index in [4.69, 9.17) is 4.74 Å². The van der Waals surface area contributed by atoms with Crippen molar-refractivity contribution in [2.45, 2.75) is 76.5 Å². The number of nitrogens with one attached hydrogen (secondary N) is 1. The van der Waals surface area contributed by atoms with Crippen LogP contribution in [0.2, 0.25) is 0 Å². The molecule has 1 aliphatic heterocycles. The van der Waals surface area contributed by atoms with Gasteiger partial charge in [-0.05, 0) is 53.4 Å². The van der Waals surface area contributed by atoms with E-state index in [0.29, 0.717) is 12.5 Å². The predicted octanol–water partition coefficient (Wildman–Crippen LogP) is 1.86. The summed E-state index contributed by atoms with van der Waals surface area (Å²) >= 11 is 0. The molecule has 2 N–H and O–H groups in total. The maximum atomic E-state index is 11.9. The monoisotopic (exact) mass is 298 g/mol. The molecule has 2 unspecified atom stereocenters. The minimum Gasteiger partial charge on any atom is -0.480 e. The Bertz CT molecular complexity index is 384. The minimum atomic E-state index is -0.772. The lowest BCUT2D eigenvalue weighted by molar-refractivity contribution is -0.150. The third kappa shape index (κ3) is 3.58. The maximum absolute atomic E-state index is 11.9. The number of morpholine rings is 1. The molecule has 5 heteroatoms. The van der Waals surface area contributed by atoms with E-state index in [1.165, 1.54) is 0 Å². The molecule has 0 spiro atoms. The van der Waals surface area contributed by atoms with Crippen LogP contribution in [0.3, 0.4) is 0 Å². The molecule has 0 aromatic heterocycles. The molecule has 2 fully saturated rings. The summed E-state index contributed by atoms with van der Waals surface area (Å²) in [5.41, 5.74) is -0.784. The number of rotatable bonds is 4. The molecule has 1 saturated carbocycles. The first-order chi connectivity index (χ1) is 9.77. The van der Waals surface area contributed by atoms with E-state index in [0.717, 1.165) is 39.0 Å². The summed E-state index contributed by atoms with van der Waals surface area (Å²) in [6.07, 6.45) is 3.45. The van der Waals surface area contributed by atoms with Crippen LogP contribution in [-0.4, -0.2) is 58.9 Å². The summed E-state index contributed by atoms with van der Waals surface area (Å²) in [5.74, 6) is -0.702. The van der Waals surface area contributed by atoms with E-state index >= 15 is 0 Å². The molecule has 5 nitrogen and oxygen atoms in total. The van der Waals surface area contributed by atoms with Crippen molar-refractivity contribution in [1.29, 1.82) is 0 Å². The number of nitrogens with zero attached hydrogens (tertiary/aromatic N) is 1. The fourth-order valence-corrected chi connectivity index (χ4v) is 4.00. The number of ether oxygens (including phenoxy) is 1. The van der Waals surface area contributed by atoms with Gasteiger partial charge in [-0.15, -0.1) is 0 Å². The van der Waals surface area contributed by atoms with Crippen molar-refractivity contribution in [3.05, 3.63) is 0 Å². The Morgan fingerprint density at radius 2 is 2.14 bits per heavy atom. The van der Waals surface area contributed by atoms with Gasteiger partial charge >= 0.3 is 5.97 Å². The van der Waals surface area contributed by atoms with Crippen LogP contribution in [0.1, 0.15) is 53.4 Å². The molecule has 2 aliphatic rings. The van der Waals surface area contributed by atoms with Gasteiger partial charge in [0.15, 0.2) is 0 Å². The third-order valence-corrected chi connectivity index (χ3v) is 4.85. The van der Waals surface area contributed by atoms with Gasteiger partial charge in [-0.25, -0.2) is 0 Å². The van der Waals surface area contributed by atoms with Crippen LogP contribution in [-0.2, 0) is 9.53 Å². The van der Waals surface area contributed by atoms with E-state index in [-0.39, 0.29) is 11.6 Å². The van der Waals surface area contributed by atoms with Gasteiger partial charge in [-0.1, -0.05) is 0 Å². The number of aliphatic carboxylic acids is 1. The summed E-state index contributed by atoms with van der Waals surface area (Å²) in [5, 5.41) is 13.1. The van der Waals surface area contributed by atoms with Crippen LogP contribution in [0.5, 0.6) is 0 Å². The Kier molecular flexibility index (Phi) is 4.96. The second kappa shape index (κ2) is 6.23. The van der Waals surface area contributed by atoms with Crippen molar-refractivity contribution >= 4 is 5.97 Å². The molecule has 1 saturated heterocycles. The van der Waals surface area contributed by atoms with Gasteiger partial charge in [-0.3, -0.25) is 15.0 Å². The molecule has 122 valence electrons. The van der Waals surface area contributed by atoms with Gasteiger partial charge in [0.2, 0.25) is 0 Å². The first-order valence-corrected chi connectivity index (χ1v) is 8.12. The Balaban J connectivity index is 2.16. The molecule has 0 aromatic rings. The van der Waals surface area contributed by atoms with Crippen molar-refractivity contribution in [1.82, 2.24) is 10.2 Å². The number of carboxylic acids is 1. The fraction of sp³-hybridized carbons (Fsp3) is 0.938. The van der Waals surface area contributed by atoms with E-state index in [2.05, 4.69) is 24.1 Å². The summed E-state index contributed by atoms with van der Waals surface area (Å²) in [4.78, 5) is 14.4. The van der Waals surface area contributed by atoms with Crippen molar-refractivity contribution in [3.63, 3.8) is 0 Å². The Morgan fingerprint density at radius 3 is 2.71 bits per heavy atom. The largest absolute Gasteiger partial charge is 0.480 e. The second-order valence-corrected chi connectivity index (χ2v) is 7.49. The lowest BCUT2D eigenvalue weighted by atomic mass is 9.76. The quantitative estimate of drug-likeness (QED) is 0.829. The molecule has 2 rings (SSSR count). The molecular weight excluding hydrogens is 268 g/mol. The molecule has 0 amide bonds. The highest BCUT2D eigenvalue weighted by Crippen LogP contribution is 2.35. The van der Waals surface area contributed by atoms with Crippen molar-refractivity contribution in [2.75, 3.05) is 19.8 Å². The van der Waals surface area contributed by atoms with E-state index < -0.39 is 11.5 Å². The molecule has 1 aliphatic carbocycles. The number of hydrogen-bond acceptors (Lipinski definition) is 4. The smallest absolute Gasteiger partial charge is 0.323 e. The van der Waals surface area contributed by atoms with Crippen molar-refractivity contribution in [2.24, 2.45) is 0 Å². The van der Waals surface area contributed by atoms with Gasteiger partial charge in [0.05, 0.1) is 13.2 Å². The second-order valence-electron chi connectivity index (χ2n) is 7.49. The van der Waals surface area contributed by atoms with Crippen LogP contribution in [0.4, 0.5) is 0 Å². The third-order valence-electron chi connectivity index (χ3n) is 4.85. The topological polar surface area (TPSA) is 61.8 Å². The Hall–Kier alpha value is -0.650. The summed E-state index contributed by atoms with van der Waals surface area (Å²) in [6.45, 7) is 10.8. The average Bonchev–Trinajstić information content (AvgIpc) is 2.37. The highest BCUT2D eigenvalue weighted by molar-refractivity contribution is 5.79. The van der Waals surface area contributed by atoms with Crippen LogP contribution in [0.25, 0.3) is 0 Å². The zero-order valence-electron chi connectivity index (χ0n) is 13.8. The number of hydrogen-bond donors (Lipinski definition) is 2. The van der Waals surface area contributed by atoms with Crippen LogP contribution in [0.15, 0.2) is 0 Å². The van der Waals surface area contributed by atoms with Crippen molar-refractivity contribution < 1.29 is 14.6 Å². The maximum Gasteiger partial charge on any atom is 0.323 e. The first kappa shape index (κ1) is 16.7. The van der Waals surface area contributed by atoms with Gasteiger partial charge in [-0.2, -0.15) is 0 Å². The number of carboxylic acid groups (broad SMARTS) is 1. The molecule has 0 bridgehead atoms. The standard InChI is InChI=1S/C16H30N2O3/c1-12(2)17-16(14(19)20)7-5-6-13(10-16)18-8-9-21-11-15(18,3)4/h12-13,17H,5-11H2,1-4H3,(H,19,20). The van der Waals surface area contributed by atoms with E-state index in [1.807, 2.05) is 13.8 Å². The lowest BCUT2D eigenvalue weighted by Gasteiger charge is -2.51. The van der Waals surface area contributed by atoms with Gasteiger partial charge in [0.25, 0.3) is 0 Å². The summed E-state index contributed by atoms with van der Waals surface area (Å²) in [6, 6.07) is 0.498. The molecule has 0 radical (unpaired) electrons. The molecular formula is C16H30N2O3. The Morgan fingerprint density at radius 1 is 1.43 bits per heavy atom. The van der Waals surface area contributed by atoms with Crippen LogP contribution >= 0.6 is 0 Å². The van der Waals surface area contributed by atoms with Gasteiger partial charge in [0, 0.05) is 24.2 Å². The zero-order valence-corrected chi connectivity index (χ0v) is 13.8. The van der Waals surface area contributed by atoms with Crippen LogP contribution < -0.4 is 5.32 Å². The van der Waals surface area contributed by atoms with E-state index in [1.54, 1.807) is 0 Å². The van der Waals surface area contributed by atoms with Crippen molar-refractivity contribution in [3.8, 4) is 0 Å². The molecule has 1 heterocycles. The molecule has 2 atom stereocenters. The zero-order chi connectivity index (χ0) is 15.7.